The summed E-state index contributed by atoms with van der Waals surface area (Å²) in [5, 5.41) is 0. The molecule has 0 amide bonds. The smallest absolute Gasteiger partial charge is 0.306 e. The summed E-state index contributed by atoms with van der Waals surface area (Å²) < 4.78 is 18.9. The average Bonchev–Trinajstić information content (AvgIpc) is 3.59. The van der Waals surface area contributed by atoms with Crippen LogP contribution >= 0.6 is 0 Å². The molecule has 0 aliphatic heterocycles. The van der Waals surface area contributed by atoms with Crippen molar-refractivity contribution in [2.45, 2.75) is 195 Å². The highest BCUT2D eigenvalue weighted by Crippen LogP contribution is 2.19. The van der Waals surface area contributed by atoms with Crippen molar-refractivity contribution in [2.24, 2.45) is 23.7 Å². The van der Waals surface area contributed by atoms with Gasteiger partial charge in [0.05, 0.1) is 19.5 Å². The van der Waals surface area contributed by atoms with Crippen LogP contribution in [0.3, 0.4) is 0 Å². The molecular weight excluding hydrogens is 628 g/mol. The molecule has 2 unspecified atom stereocenters. The number of ether oxygens (including phenoxy) is 3. The Morgan fingerprint density at radius 2 is 1.00 bits per heavy atom. The highest BCUT2D eigenvalue weighted by Gasteiger charge is 2.15. The largest absolute Gasteiger partial charge is 0.466 e. The first-order valence-electron chi connectivity index (χ1n) is 20.5. The van der Waals surface area contributed by atoms with Gasteiger partial charge in [0.2, 0.25) is 0 Å². The lowest BCUT2D eigenvalue weighted by molar-refractivity contribution is -0.150. The maximum atomic E-state index is 12.7. The van der Waals surface area contributed by atoms with Crippen molar-refractivity contribution >= 4 is 17.9 Å². The van der Waals surface area contributed by atoms with E-state index in [1.165, 1.54) is 25.7 Å². The number of hydrogen-bond acceptors (Lipinski definition) is 7. The minimum atomic E-state index is -0.115. The number of carbonyl (C=O) groups excluding carboxylic acids is 3. The molecule has 0 radical (unpaired) electrons. The second-order valence-corrected chi connectivity index (χ2v) is 15.8. The lowest BCUT2D eigenvalue weighted by Gasteiger charge is -2.18. The van der Waals surface area contributed by atoms with Gasteiger partial charge in [-0.1, -0.05) is 106 Å². The van der Waals surface area contributed by atoms with Crippen LogP contribution in [0.2, 0.25) is 0 Å². The monoisotopic (exact) mass is 705 g/mol. The lowest BCUT2D eigenvalue weighted by Crippen LogP contribution is -2.18. The molecule has 0 saturated carbocycles. The number of nitrogens with zero attached hydrogens (tertiary/aromatic N) is 2. The maximum Gasteiger partial charge on any atom is 0.306 e. The Morgan fingerprint density at radius 1 is 0.540 bits per heavy atom. The molecule has 0 spiro atoms. The third-order valence-electron chi connectivity index (χ3n) is 9.69. The molecule has 1 heterocycles. The molecular formula is C42H76N2O6. The summed E-state index contributed by atoms with van der Waals surface area (Å²) in [4.78, 5) is 41.0. The van der Waals surface area contributed by atoms with Crippen LogP contribution in [-0.2, 0) is 35.1 Å². The summed E-state index contributed by atoms with van der Waals surface area (Å²) in [6.45, 7) is 15.3. The number of esters is 3. The molecule has 0 fully saturated rings. The summed E-state index contributed by atoms with van der Waals surface area (Å²) in [5.74, 6) is 2.38. The Hall–Kier alpha value is -2.38. The molecule has 0 aliphatic carbocycles. The number of unbranched alkanes of at least 4 members (excludes halogenated alkanes) is 8. The van der Waals surface area contributed by atoms with Crippen molar-refractivity contribution < 1.29 is 28.6 Å². The second kappa shape index (κ2) is 30.3. The Kier molecular flexibility index (Phi) is 27.6. The normalized spacial score (nSPS) is 13.4. The Balaban J connectivity index is 2.24. The van der Waals surface area contributed by atoms with Crippen molar-refractivity contribution in [3.8, 4) is 0 Å². The zero-order valence-electron chi connectivity index (χ0n) is 33.1. The van der Waals surface area contributed by atoms with E-state index in [4.69, 9.17) is 14.2 Å². The first kappa shape index (κ1) is 45.6. The van der Waals surface area contributed by atoms with E-state index >= 15 is 0 Å². The van der Waals surface area contributed by atoms with E-state index in [1.807, 2.05) is 10.8 Å². The highest BCUT2D eigenvalue weighted by molar-refractivity contribution is 5.70. The van der Waals surface area contributed by atoms with E-state index in [0.29, 0.717) is 44.3 Å². The van der Waals surface area contributed by atoms with Gasteiger partial charge in [-0.05, 0) is 81.5 Å². The van der Waals surface area contributed by atoms with Gasteiger partial charge in [-0.2, -0.15) is 0 Å². The van der Waals surface area contributed by atoms with Crippen LogP contribution in [0, 0.1) is 23.7 Å². The fourth-order valence-corrected chi connectivity index (χ4v) is 6.09. The zero-order valence-corrected chi connectivity index (χ0v) is 33.1. The SMILES string of the molecule is CC(C)CCC(C)CCOC(=O)CCCCCCCC(CCCCCCCC(=O)OCCC(C)CCC(C)C)OC(=O)CCCn1ccnc1. The first-order valence-corrected chi connectivity index (χ1v) is 20.5. The van der Waals surface area contributed by atoms with Crippen LogP contribution in [0.1, 0.15) is 183 Å². The number of rotatable bonds is 33. The highest BCUT2D eigenvalue weighted by atomic mass is 16.5. The molecule has 1 aromatic rings. The molecule has 290 valence electrons. The number of aromatic nitrogens is 2. The Labute approximate surface area is 306 Å². The van der Waals surface area contributed by atoms with E-state index in [0.717, 1.165) is 115 Å². The molecule has 0 aromatic carbocycles. The molecule has 0 aliphatic rings. The molecule has 2 atom stereocenters. The van der Waals surface area contributed by atoms with Crippen LogP contribution in [0.4, 0.5) is 0 Å². The minimum absolute atomic E-state index is 0.0495. The van der Waals surface area contributed by atoms with Crippen LogP contribution in [0.25, 0.3) is 0 Å². The van der Waals surface area contributed by atoms with Crippen LogP contribution < -0.4 is 0 Å². The fraction of sp³-hybridized carbons (Fsp3) is 0.857. The van der Waals surface area contributed by atoms with E-state index in [-0.39, 0.29) is 24.0 Å². The van der Waals surface area contributed by atoms with Gasteiger partial charge in [-0.15, -0.1) is 0 Å². The maximum absolute atomic E-state index is 12.7. The van der Waals surface area contributed by atoms with Crippen LogP contribution in [0.15, 0.2) is 18.7 Å². The van der Waals surface area contributed by atoms with Crippen molar-refractivity contribution in [1.82, 2.24) is 9.55 Å². The van der Waals surface area contributed by atoms with Gasteiger partial charge in [0.15, 0.2) is 0 Å². The zero-order chi connectivity index (χ0) is 36.8. The van der Waals surface area contributed by atoms with Crippen LogP contribution in [-0.4, -0.2) is 46.8 Å². The number of imidazole rings is 1. The molecule has 1 rings (SSSR count). The Bertz CT molecular complexity index is 913. The summed E-state index contributed by atoms with van der Waals surface area (Å²) in [5.41, 5.74) is 0. The minimum Gasteiger partial charge on any atom is -0.466 e. The van der Waals surface area contributed by atoms with Crippen molar-refractivity contribution in [1.29, 1.82) is 0 Å². The van der Waals surface area contributed by atoms with E-state index in [2.05, 4.69) is 46.5 Å². The first-order chi connectivity index (χ1) is 24.0. The molecule has 50 heavy (non-hydrogen) atoms. The fourth-order valence-electron chi connectivity index (χ4n) is 6.09. The quantitative estimate of drug-likeness (QED) is 0.0408. The number of aryl methyl sites for hydroxylation is 1. The lowest BCUT2D eigenvalue weighted by atomic mass is 9.97. The summed E-state index contributed by atoms with van der Waals surface area (Å²) in [6, 6.07) is 0. The molecule has 0 saturated heterocycles. The predicted octanol–water partition coefficient (Wildman–Crippen LogP) is 11.0. The third kappa shape index (κ3) is 28.3. The molecule has 0 N–H and O–H groups in total. The summed E-state index contributed by atoms with van der Waals surface area (Å²) in [6.07, 6.45) is 26.1. The van der Waals surface area contributed by atoms with Gasteiger partial charge in [0.1, 0.15) is 6.10 Å². The van der Waals surface area contributed by atoms with Crippen molar-refractivity contribution in [3.63, 3.8) is 0 Å². The molecule has 8 heteroatoms. The van der Waals surface area contributed by atoms with Gasteiger partial charge < -0.3 is 18.8 Å². The van der Waals surface area contributed by atoms with Gasteiger partial charge in [-0.25, -0.2) is 4.98 Å². The van der Waals surface area contributed by atoms with E-state index < -0.39 is 0 Å². The number of carbonyl (C=O) groups is 3. The third-order valence-corrected chi connectivity index (χ3v) is 9.69. The topological polar surface area (TPSA) is 96.7 Å². The van der Waals surface area contributed by atoms with E-state index in [1.54, 1.807) is 12.5 Å². The second-order valence-electron chi connectivity index (χ2n) is 15.8. The molecule has 1 aromatic heterocycles. The van der Waals surface area contributed by atoms with Gasteiger partial charge in [0, 0.05) is 38.2 Å². The predicted molar refractivity (Wildman–Crippen MR) is 204 cm³/mol. The summed E-state index contributed by atoms with van der Waals surface area (Å²) in [7, 11) is 0. The number of hydrogen-bond donors (Lipinski definition) is 0. The standard InChI is InChI=1S/C42H76N2O6/c1-35(2)23-25-37(5)27-32-48-40(45)20-15-11-7-9-13-18-39(50-42(47)22-17-30-44-31-29-43-34-44)19-14-10-8-12-16-21-41(46)49-33-28-38(6)26-24-36(3)4/h29,31,34-39H,7-28,30,32-33H2,1-6H3. The molecule has 8 nitrogen and oxygen atoms in total. The molecule has 0 bridgehead atoms. The van der Waals surface area contributed by atoms with Crippen LogP contribution in [0.5, 0.6) is 0 Å². The van der Waals surface area contributed by atoms with Crippen molar-refractivity contribution in [3.05, 3.63) is 18.7 Å². The van der Waals surface area contributed by atoms with Gasteiger partial charge in [0.25, 0.3) is 0 Å². The Morgan fingerprint density at radius 3 is 1.46 bits per heavy atom. The van der Waals surface area contributed by atoms with Gasteiger partial charge in [-0.3, -0.25) is 14.4 Å². The average molecular weight is 705 g/mol. The summed E-state index contributed by atoms with van der Waals surface area (Å²) >= 11 is 0. The van der Waals surface area contributed by atoms with Crippen molar-refractivity contribution in [2.75, 3.05) is 13.2 Å². The van der Waals surface area contributed by atoms with Gasteiger partial charge >= 0.3 is 17.9 Å². The van der Waals surface area contributed by atoms with E-state index in [9.17, 15) is 14.4 Å².